The molecule has 98 valence electrons. The lowest BCUT2D eigenvalue weighted by molar-refractivity contribution is 0.0553. The van der Waals surface area contributed by atoms with Gasteiger partial charge < -0.3 is 15.0 Å². The summed E-state index contributed by atoms with van der Waals surface area (Å²) in [6, 6.07) is 8.09. The zero-order valence-electron chi connectivity index (χ0n) is 11.3. The second-order valence-corrected chi connectivity index (χ2v) is 5.03. The Morgan fingerprint density at radius 1 is 1.39 bits per heavy atom. The molecule has 1 heterocycles. The third-order valence-electron chi connectivity index (χ3n) is 3.43. The molecule has 4 heteroatoms. The fourth-order valence-corrected chi connectivity index (χ4v) is 1.92. The molecule has 4 nitrogen and oxygen atoms in total. The first-order chi connectivity index (χ1) is 8.53. The van der Waals surface area contributed by atoms with Gasteiger partial charge in [-0.15, -0.1) is 0 Å². The van der Waals surface area contributed by atoms with Crippen molar-refractivity contribution in [1.29, 1.82) is 0 Å². The van der Waals surface area contributed by atoms with Crippen molar-refractivity contribution in [2.24, 2.45) is 7.05 Å². The van der Waals surface area contributed by atoms with Crippen molar-refractivity contribution in [3.05, 3.63) is 30.1 Å². The highest BCUT2D eigenvalue weighted by atomic mass is 16.3. The molecule has 0 amide bonds. The molecule has 1 aromatic heterocycles. The predicted molar refractivity (Wildman–Crippen MR) is 73.3 cm³/mol. The molecule has 0 fully saturated rings. The largest absolute Gasteiger partial charge is 0.389 e. The van der Waals surface area contributed by atoms with Crippen LogP contribution in [0.1, 0.15) is 26.1 Å². The molecule has 2 rings (SSSR count). The van der Waals surface area contributed by atoms with Gasteiger partial charge in [0.05, 0.1) is 23.2 Å². The minimum Gasteiger partial charge on any atom is -0.389 e. The minimum absolute atomic E-state index is 0.576. The molecule has 18 heavy (non-hydrogen) atoms. The van der Waals surface area contributed by atoms with Gasteiger partial charge >= 0.3 is 0 Å². The second kappa shape index (κ2) is 5.08. The van der Waals surface area contributed by atoms with Crippen LogP contribution in [0, 0.1) is 0 Å². The molecule has 2 N–H and O–H groups in total. The SMILES string of the molecule is CCC(C)(O)CNCc1nc2ccccc2n1C. The number of para-hydroxylation sites is 2. The second-order valence-electron chi connectivity index (χ2n) is 5.03. The van der Waals surface area contributed by atoms with Crippen LogP contribution in [0.5, 0.6) is 0 Å². The molecule has 1 atom stereocenters. The summed E-state index contributed by atoms with van der Waals surface area (Å²) in [6.07, 6.45) is 0.739. The Morgan fingerprint density at radius 3 is 2.78 bits per heavy atom. The highest BCUT2D eigenvalue weighted by molar-refractivity contribution is 5.75. The molecule has 0 aliphatic rings. The van der Waals surface area contributed by atoms with E-state index >= 15 is 0 Å². The number of aryl methyl sites for hydroxylation is 1. The molecule has 2 aromatic rings. The molecule has 0 aliphatic heterocycles. The molecule has 0 radical (unpaired) electrons. The number of benzene rings is 1. The monoisotopic (exact) mass is 247 g/mol. The van der Waals surface area contributed by atoms with Crippen molar-refractivity contribution in [3.63, 3.8) is 0 Å². The molecule has 1 unspecified atom stereocenters. The average molecular weight is 247 g/mol. The third kappa shape index (κ3) is 2.71. The van der Waals surface area contributed by atoms with Crippen LogP contribution in [0.3, 0.4) is 0 Å². The van der Waals surface area contributed by atoms with Crippen molar-refractivity contribution >= 4 is 11.0 Å². The Bertz CT molecular complexity index is 531. The van der Waals surface area contributed by atoms with E-state index in [9.17, 15) is 5.11 Å². The van der Waals surface area contributed by atoms with Gasteiger partial charge in [0.1, 0.15) is 5.82 Å². The number of nitrogens with one attached hydrogen (secondary N) is 1. The number of rotatable bonds is 5. The maximum absolute atomic E-state index is 9.92. The van der Waals surface area contributed by atoms with E-state index in [-0.39, 0.29) is 0 Å². The Kier molecular flexibility index (Phi) is 3.68. The zero-order valence-corrected chi connectivity index (χ0v) is 11.3. The van der Waals surface area contributed by atoms with Crippen LogP contribution in [0.15, 0.2) is 24.3 Å². The summed E-state index contributed by atoms with van der Waals surface area (Å²) in [5.41, 5.74) is 1.50. The highest BCUT2D eigenvalue weighted by Crippen LogP contribution is 2.14. The van der Waals surface area contributed by atoms with E-state index in [1.54, 1.807) is 0 Å². The molecule has 0 bridgehead atoms. The third-order valence-corrected chi connectivity index (χ3v) is 3.43. The molecule has 0 spiro atoms. The van der Waals surface area contributed by atoms with Gasteiger partial charge in [0.2, 0.25) is 0 Å². The van der Waals surface area contributed by atoms with Crippen molar-refractivity contribution in [2.45, 2.75) is 32.4 Å². The maximum Gasteiger partial charge on any atom is 0.123 e. The van der Waals surface area contributed by atoms with E-state index in [1.807, 2.05) is 39.1 Å². The van der Waals surface area contributed by atoms with Crippen molar-refractivity contribution in [3.8, 4) is 0 Å². The standard InChI is InChI=1S/C14H21N3O/c1-4-14(2,18)10-15-9-13-16-11-7-5-6-8-12(11)17(13)3/h5-8,15,18H,4,9-10H2,1-3H3. The normalized spacial score (nSPS) is 14.9. The lowest BCUT2D eigenvalue weighted by atomic mass is 10.0. The zero-order chi connectivity index (χ0) is 13.2. The molecule has 0 saturated carbocycles. The molecular weight excluding hydrogens is 226 g/mol. The number of fused-ring (bicyclic) bond motifs is 1. The maximum atomic E-state index is 9.92. The van der Waals surface area contributed by atoms with Crippen LogP contribution >= 0.6 is 0 Å². The lowest BCUT2D eigenvalue weighted by Crippen LogP contribution is -2.37. The summed E-state index contributed by atoms with van der Waals surface area (Å²) < 4.78 is 2.09. The van der Waals surface area contributed by atoms with E-state index in [0.29, 0.717) is 13.1 Å². The van der Waals surface area contributed by atoms with Crippen LogP contribution in [-0.2, 0) is 13.6 Å². The quantitative estimate of drug-likeness (QED) is 0.847. The first-order valence-corrected chi connectivity index (χ1v) is 6.37. The van der Waals surface area contributed by atoms with Gasteiger partial charge in [-0.25, -0.2) is 4.98 Å². The van der Waals surface area contributed by atoms with E-state index in [2.05, 4.69) is 20.9 Å². The van der Waals surface area contributed by atoms with Crippen molar-refractivity contribution < 1.29 is 5.11 Å². The number of imidazole rings is 1. The van der Waals surface area contributed by atoms with Gasteiger partial charge in [0.15, 0.2) is 0 Å². The summed E-state index contributed by atoms with van der Waals surface area (Å²) in [5, 5.41) is 13.2. The van der Waals surface area contributed by atoms with Gasteiger partial charge in [0.25, 0.3) is 0 Å². The molecule has 0 aliphatic carbocycles. The lowest BCUT2D eigenvalue weighted by Gasteiger charge is -2.21. The highest BCUT2D eigenvalue weighted by Gasteiger charge is 2.17. The summed E-state index contributed by atoms with van der Waals surface area (Å²) in [7, 11) is 2.02. The Morgan fingerprint density at radius 2 is 2.11 bits per heavy atom. The summed E-state index contributed by atoms with van der Waals surface area (Å²) in [5.74, 6) is 0.989. The van der Waals surface area contributed by atoms with Crippen LogP contribution in [-0.4, -0.2) is 26.8 Å². The van der Waals surface area contributed by atoms with Gasteiger partial charge in [-0.2, -0.15) is 0 Å². The fourth-order valence-electron chi connectivity index (χ4n) is 1.92. The molecule has 1 aromatic carbocycles. The van der Waals surface area contributed by atoms with Gasteiger partial charge in [-0.1, -0.05) is 19.1 Å². The molecule has 0 saturated heterocycles. The van der Waals surface area contributed by atoms with E-state index in [1.165, 1.54) is 0 Å². The first kappa shape index (κ1) is 13.1. The van der Waals surface area contributed by atoms with E-state index < -0.39 is 5.60 Å². The van der Waals surface area contributed by atoms with Crippen LogP contribution in [0.4, 0.5) is 0 Å². The van der Waals surface area contributed by atoms with Crippen molar-refractivity contribution in [2.75, 3.05) is 6.54 Å². The number of hydrogen-bond acceptors (Lipinski definition) is 3. The number of aliphatic hydroxyl groups is 1. The van der Waals surface area contributed by atoms with Gasteiger partial charge in [0, 0.05) is 13.6 Å². The summed E-state index contributed by atoms with van der Waals surface area (Å²) in [4.78, 5) is 4.58. The number of hydrogen-bond donors (Lipinski definition) is 2. The number of nitrogens with zero attached hydrogens (tertiary/aromatic N) is 2. The average Bonchev–Trinajstić information content (AvgIpc) is 2.67. The minimum atomic E-state index is -0.648. The number of aromatic nitrogens is 2. The van der Waals surface area contributed by atoms with E-state index in [4.69, 9.17) is 0 Å². The topological polar surface area (TPSA) is 50.1 Å². The Labute approximate surface area is 108 Å². The smallest absolute Gasteiger partial charge is 0.123 e. The van der Waals surface area contributed by atoms with Crippen LogP contribution in [0.25, 0.3) is 11.0 Å². The Balaban J connectivity index is 2.06. The van der Waals surface area contributed by atoms with Gasteiger partial charge in [-0.05, 0) is 25.5 Å². The Hall–Kier alpha value is -1.39. The van der Waals surface area contributed by atoms with E-state index in [0.717, 1.165) is 23.3 Å². The van der Waals surface area contributed by atoms with Crippen LogP contribution < -0.4 is 5.32 Å². The summed E-state index contributed by atoms with van der Waals surface area (Å²) in [6.45, 7) is 5.07. The van der Waals surface area contributed by atoms with Crippen molar-refractivity contribution in [1.82, 2.24) is 14.9 Å². The van der Waals surface area contributed by atoms with Gasteiger partial charge in [-0.3, -0.25) is 0 Å². The molecular formula is C14H21N3O. The first-order valence-electron chi connectivity index (χ1n) is 6.37. The predicted octanol–water partition coefficient (Wildman–Crippen LogP) is 1.82. The fraction of sp³-hybridized carbons (Fsp3) is 0.500. The van der Waals surface area contributed by atoms with Crippen LogP contribution in [0.2, 0.25) is 0 Å². The summed E-state index contributed by atoms with van der Waals surface area (Å²) >= 11 is 0.